The van der Waals surface area contributed by atoms with Crippen LogP contribution in [0.25, 0.3) is 0 Å². The van der Waals surface area contributed by atoms with E-state index in [0.29, 0.717) is 5.56 Å². The van der Waals surface area contributed by atoms with Crippen LogP contribution in [-0.4, -0.2) is 18.6 Å². The predicted octanol–water partition coefficient (Wildman–Crippen LogP) is 4.90. The second-order valence-corrected chi connectivity index (χ2v) is 9.76. The number of carbonyl (C=O) groups excluding carboxylic acids is 1. The number of nitriles is 1. The molecule has 1 amide bonds. The minimum Gasteiger partial charge on any atom is -0.386 e. The van der Waals surface area contributed by atoms with Crippen LogP contribution >= 0.6 is 23.5 Å². The van der Waals surface area contributed by atoms with E-state index in [1.807, 2.05) is 13.1 Å². The van der Waals surface area contributed by atoms with Gasteiger partial charge in [0.25, 0.3) is 0 Å². The lowest BCUT2D eigenvalue weighted by molar-refractivity contribution is -0.105. The highest BCUT2D eigenvalue weighted by atomic mass is 35.5. The molecule has 0 aromatic heterocycles. The first kappa shape index (κ1) is 23.6. The molecule has 0 fully saturated rings. The third kappa shape index (κ3) is 5.24. The number of nitrogens with zero attached hydrogens (tertiary/aromatic N) is 1. The van der Waals surface area contributed by atoms with E-state index in [1.54, 1.807) is 26.0 Å². The Morgan fingerprint density at radius 1 is 1.10 bits per heavy atom. The standard InChI is InChI=1S/C13H14ClNO.C11H14N2OS/c14-12-8-3-1-5-10(8)13(15-7-16)11-6-2-4-9(11)12;1-11(2,14)9-4-8(7-12)5-10(6-9)15-13-3/h7H,1-6H2,(H,15,16);4-6,13-14H,1-3H3. The van der Waals surface area contributed by atoms with E-state index in [9.17, 15) is 9.90 Å². The summed E-state index contributed by atoms with van der Waals surface area (Å²) in [6.07, 6.45) is 7.35. The van der Waals surface area contributed by atoms with Crippen molar-refractivity contribution in [3.8, 4) is 6.07 Å². The number of fused-ring (bicyclic) bond motifs is 2. The highest BCUT2D eigenvalue weighted by Crippen LogP contribution is 2.43. The molecular weight excluding hydrogens is 430 g/mol. The first-order valence-corrected chi connectivity index (χ1v) is 11.7. The molecular formula is C24H28ClN3O2S. The Morgan fingerprint density at radius 3 is 2.16 bits per heavy atom. The van der Waals surface area contributed by atoms with E-state index in [0.717, 1.165) is 66.1 Å². The summed E-state index contributed by atoms with van der Waals surface area (Å²) in [5.74, 6) is 0. The summed E-state index contributed by atoms with van der Waals surface area (Å²) in [4.78, 5) is 11.6. The second-order valence-electron chi connectivity index (χ2n) is 8.30. The second kappa shape index (κ2) is 10.1. The van der Waals surface area contributed by atoms with E-state index in [2.05, 4.69) is 16.1 Å². The lowest BCUT2D eigenvalue weighted by Gasteiger charge is -2.18. The minimum atomic E-state index is -0.921. The number of aliphatic hydroxyl groups is 1. The molecule has 0 heterocycles. The van der Waals surface area contributed by atoms with Gasteiger partial charge in [-0.1, -0.05) is 11.6 Å². The lowest BCUT2D eigenvalue weighted by Crippen LogP contribution is -2.15. The highest BCUT2D eigenvalue weighted by molar-refractivity contribution is 7.97. The SMILES string of the molecule is CNSc1cc(C#N)cc(C(C)(C)O)c1.O=CNc1c2c(c(Cl)c3c1CCC3)CCC2. The van der Waals surface area contributed by atoms with E-state index >= 15 is 0 Å². The van der Waals surface area contributed by atoms with Crippen molar-refractivity contribution in [3.05, 3.63) is 56.6 Å². The van der Waals surface area contributed by atoms with Crippen molar-refractivity contribution in [2.75, 3.05) is 12.4 Å². The molecule has 3 N–H and O–H groups in total. The van der Waals surface area contributed by atoms with Crippen LogP contribution in [0.15, 0.2) is 23.1 Å². The molecule has 2 aliphatic rings. The number of anilines is 1. The fourth-order valence-electron chi connectivity index (χ4n) is 4.31. The van der Waals surface area contributed by atoms with Crippen molar-refractivity contribution in [1.82, 2.24) is 4.72 Å². The van der Waals surface area contributed by atoms with Gasteiger partial charge in [0.1, 0.15) is 0 Å². The Kier molecular flexibility index (Phi) is 7.66. The quantitative estimate of drug-likeness (QED) is 0.439. The number of benzene rings is 2. The maximum atomic E-state index is 10.7. The van der Waals surface area contributed by atoms with Crippen LogP contribution in [0, 0.1) is 11.3 Å². The summed E-state index contributed by atoms with van der Waals surface area (Å²) in [6.45, 7) is 3.41. The van der Waals surface area contributed by atoms with Gasteiger partial charge in [-0.15, -0.1) is 0 Å². The molecule has 0 atom stereocenters. The number of rotatable bonds is 5. The van der Waals surface area contributed by atoms with E-state index in [-0.39, 0.29) is 0 Å². The molecule has 2 aromatic rings. The van der Waals surface area contributed by atoms with Crippen LogP contribution in [0.5, 0.6) is 0 Å². The van der Waals surface area contributed by atoms with Crippen molar-refractivity contribution in [2.24, 2.45) is 0 Å². The average Bonchev–Trinajstić information content (AvgIpc) is 3.41. The van der Waals surface area contributed by atoms with Gasteiger partial charge in [0.15, 0.2) is 0 Å². The highest BCUT2D eigenvalue weighted by Gasteiger charge is 2.27. The zero-order valence-electron chi connectivity index (χ0n) is 18.1. The first-order valence-electron chi connectivity index (χ1n) is 10.5. The summed E-state index contributed by atoms with van der Waals surface area (Å²) in [6, 6.07) is 7.46. The number of halogens is 1. The molecule has 0 unspecified atom stereocenters. The minimum absolute atomic E-state index is 0.562. The summed E-state index contributed by atoms with van der Waals surface area (Å²) in [7, 11) is 1.81. The number of amides is 1. The monoisotopic (exact) mass is 457 g/mol. The molecule has 4 rings (SSSR count). The number of hydrogen-bond acceptors (Lipinski definition) is 5. The van der Waals surface area contributed by atoms with Gasteiger partial charge in [0.05, 0.1) is 17.2 Å². The van der Waals surface area contributed by atoms with Crippen LogP contribution in [-0.2, 0) is 36.1 Å². The maximum Gasteiger partial charge on any atom is 0.211 e. The Labute approximate surface area is 193 Å². The lowest BCUT2D eigenvalue weighted by atomic mass is 9.97. The molecule has 0 bridgehead atoms. The Bertz CT molecular complexity index is 990. The molecule has 164 valence electrons. The molecule has 2 aliphatic carbocycles. The van der Waals surface area contributed by atoms with Crippen LogP contribution in [0.3, 0.4) is 0 Å². The van der Waals surface area contributed by atoms with Gasteiger partial charge in [-0.25, -0.2) is 0 Å². The van der Waals surface area contributed by atoms with Gasteiger partial charge < -0.3 is 10.4 Å². The maximum absolute atomic E-state index is 10.7. The number of hydrogen-bond donors (Lipinski definition) is 3. The van der Waals surface area contributed by atoms with Crippen LogP contribution in [0.1, 0.15) is 60.1 Å². The zero-order valence-corrected chi connectivity index (χ0v) is 19.7. The third-order valence-corrected chi connectivity index (χ3v) is 6.87. The summed E-state index contributed by atoms with van der Waals surface area (Å²) in [5.41, 5.74) is 6.61. The van der Waals surface area contributed by atoms with Crippen molar-refractivity contribution < 1.29 is 9.90 Å². The van der Waals surface area contributed by atoms with Crippen molar-refractivity contribution in [3.63, 3.8) is 0 Å². The van der Waals surface area contributed by atoms with Crippen LogP contribution in [0.4, 0.5) is 5.69 Å². The van der Waals surface area contributed by atoms with Crippen molar-refractivity contribution >= 4 is 35.6 Å². The van der Waals surface area contributed by atoms with Gasteiger partial charge in [0, 0.05) is 15.6 Å². The Balaban J connectivity index is 0.000000176. The van der Waals surface area contributed by atoms with Gasteiger partial charge in [-0.2, -0.15) is 5.26 Å². The number of carbonyl (C=O) groups is 1. The topological polar surface area (TPSA) is 85.2 Å². The third-order valence-electron chi connectivity index (χ3n) is 5.73. The summed E-state index contributed by atoms with van der Waals surface area (Å²) >= 11 is 7.88. The zero-order chi connectivity index (χ0) is 22.6. The van der Waals surface area contributed by atoms with E-state index < -0.39 is 5.60 Å². The van der Waals surface area contributed by atoms with Gasteiger partial charge in [-0.05, 0) is 117 Å². The normalized spacial score (nSPS) is 14.2. The fraction of sp³-hybridized carbons (Fsp3) is 0.417. The van der Waals surface area contributed by atoms with Crippen molar-refractivity contribution in [1.29, 1.82) is 5.26 Å². The smallest absolute Gasteiger partial charge is 0.211 e. The van der Waals surface area contributed by atoms with Gasteiger partial charge >= 0.3 is 0 Å². The average molecular weight is 458 g/mol. The summed E-state index contributed by atoms with van der Waals surface area (Å²) in [5, 5.41) is 22.6. The molecule has 5 nitrogen and oxygen atoms in total. The molecule has 0 aliphatic heterocycles. The largest absolute Gasteiger partial charge is 0.386 e. The van der Waals surface area contributed by atoms with Gasteiger partial charge in [-0.3, -0.25) is 9.52 Å². The molecule has 0 spiro atoms. The van der Waals surface area contributed by atoms with E-state index in [4.69, 9.17) is 16.9 Å². The van der Waals surface area contributed by atoms with E-state index in [1.165, 1.54) is 34.2 Å². The van der Waals surface area contributed by atoms with Gasteiger partial charge in [0.2, 0.25) is 6.41 Å². The fourth-order valence-corrected chi connectivity index (χ4v) is 5.34. The summed E-state index contributed by atoms with van der Waals surface area (Å²) < 4.78 is 2.94. The first-order chi connectivity index (χ1) is 14.8. The molecule has 31 heavy (non-hydrogen) atoms. The molecule has 2 aromatic carbocycles. The van der Waals surface area contributed by atoms with Crippen LogP contribution < -0.4 is 10.0 Å². The Hall–Kier alpha value is -2.04. The van der Waals surface area contributed by atoms with Crippen LogP contribution in [0.2, 0.25) is 5.02 Å². The molecule has 0 saturated carbocycles. The predicted molar refractivity (Wildman–Crippen MR) is 127 cm³/mol. The molecule has 0 saturated heterocycles. The Morgan fingerprint density at radius 2 is 1.68 bits per heavy atom. The molecule has 0 radical (unpaired) electrons. The molecule has 7 heteroatoms. The number of nitrogens with one attached hydrogen (secondary N) is 2. The van der Waals surface area contributed by atoms with Crippen molar-refractivity contribution in [2.45, 2.75) is 62.9 Å².